The van der Waals surface area contributed by atoms with Crippen molar-refractivity contribution in [1.29, 1.82) is 0 Å². The van der Waals surface area contributed by atoms with Crippen molar-refractivity contribution in [2.45, 2.75) is 42.5 Å². The van der Waals surface area contributed by atoms with Crippen LogP contribution in [0.2, 0.25) is 0 Å². The Labute approximate surface area is 180 Å². The molecule has 0 radical (unpaired) electrons. The zero-order valence-electron chi connectivity index (χ0n) is 17.0. The van der Waals surface area contributed by atoms with Crippen molar-refractivity contribution in [1.82, 2.24) is 5.32 Å². The lowest BCUT2D eigenvalue weighted by Gasteiger charge is -2.42. The van der Waals surface area contributed by atoms with E-state index in [0.717, 1.165) is 5.56 Å². The van der Waals surface area contributed by atoms with Crippen LogP contribution in [0.1, 0.15) is 15.9 Å². The van der Waals surface area contributed by atoms with Crippen molar-refractivity contribution in [3.05, 3.63) is 65.7 Å². The summed E-state index contributed by atoms with van der Waals surface area (Å²) in [5, 5.41) is 23.6. The summed E-state index contributed by atoms with van der Waals surface area (Å²) in [5.74, 6) is -0.487. The Bertz CT molecular complexity index is 978. The fraction of sp³-hybridized carbons (Fsp3) is 0.381. The van der Waals surface area contributed by atoms with Gasteiger partial charge in [0.05, 0.1) is 11.5 Å². The van der Waals surface area contributed by atoms with Gasteiger partial charge in [0.1, 0.15) is 24.4 Å². The van der Waals surface area contributed by atoms with E-state index in [0.29, 0.717) is 5.56 Å². The topological polar surface area (TPSA) is 131 Å². The molecule has 5 atom stereocenters. The molecule has 2 aromatic carbocycles. The molecule has 1 saturated heterocycles. The van der Waals surface area contributed by atoms with Gasteiger partial charge in [-0.15, -0.1) is 0 Å². The number of benzene rings is 2. The molecular formula is C21H25NO8S. The Hall–Kier alpha value is -2.34. The first-order valence-electron chi connectivity index (χ1n) is 9.59. The predicted molar refractivity (Wildman–Crippen MR) is 110 cm³/mol. The molecule has 0 spiro atoms. The first-order valence-corrected chi connectivity index (χ1v) is 11.0. The maximum absolute atomic E-state index is 12.4. The van der Waals surface area contributed by atoms with Crippen molar-refractivity contribution in [2.75, 3.05) is 13.7 Å². The monoisotopic (exact) mass is 451 g/mol. The van der Waals surface area contributed by atoms with E-state index in [1.807, 2.05) is 6.92 Å². The minimum Gasteiger partial charge on any atom is -0.388 e. The van der Waals surface area contributed by atoms with Gasteiger partial charge in [0.25, 0.3) is 16.0 Å². The van der Waals surface area contributed by atoms with Gasteiger partial charge in [-0.1, -0.05) is 35.9 Å². The van der Waals surface area contributed by atoms with E-state index in [1.54, 1.807) is 42.5 Å². The second-order valence-corrected chi connectivity index (χ2v) is 8.79. The van der Waals surface area contributed by atoms with Gasteiger partial charge in [-0.25, -0.2) is 0 Å². The van der Waals surface area contributed by atoms with Crippen LogP contribution >= 0.6 is 0 Å². The quantitative estimate of drug-likeness (QED) is 0.522. The molecule has 0 saturated carbocycles. The van der Waals surface area contributed by atoms with Gasteiger partial charge < -0.3 is 25.0 Å². The van der Waals surface area contributed by atoms with Crippen LogP contribution in [0, 0.1) is 6.92 Å². The molecule has 168 valence electrons. The highest BCUT2D eigenvalue weighted by molar-refractivity contribution is 7.86. The molecule has 1 aliphatic heterocycles. The lowest BCUT2D eigenvalue weighted by atomic mass is 9.96. The number of nitrogens with one attached hydrogen (secondary N) is 1. The number of aliphatic hydroxyl groups excluding tert-OH is 2. The van der Waals surface area contributed by atoms with Crippen LogP contribution in [0.5, 0.6) is 0 Å². The van der Waals surface area contributed by atoms with Crippen LogP contribution in [0.3, 0.4) is 0 Å². The molecular weight excluding hydrogens is 426 g/mol. The summed E-state index contributed by atoms with van der Waals surface area (Å²) >= 11 is 0. The van der Waals surface area contributed by atoms with E-state index in [9.17, 15) is 23.4 Å². The van der Waals surface area contributed by atoms with Gasteiger partial charge in [-0.05, 0) is 31.2 Å². The summed E-state index contributed by atoms with van der Waals surface area (Å²) in [5.41, 5.74) is 1.24. The summed E-state index contributed by atoms with van der Waals surface area (Å²) in [7, 11) is -2.79. The van der Waals surface area contributed by atoms with Crippen LogP contribution in [-0.2, 0) is 23.8 Å². The number of carbonyl (C=O) groups is 1. The van der Waals surface area contributed by atoms with E-state index in [1.165, 1.54) is 19.2 Å². The predicted octanol–water partition coefficient (Wildman–Crippen LogP) is 0.592. The summed E-state index contributed by atoms with van der Waals surface area (Å²) in [6.45, 7) is 1.27. The fourth-order valence-corrected chi connectivity index (χ4v) is 4.10. The average Bonchev–Trinajstić information content (AvgIpc) is 2.77. The van der Waals surface area contributed by atoms with Crippen LogP contribution in [0.15, 0.2) is 59.5 Å². The molecule has 31 heavy (non-hydrogen) atoms. The van der Waals surface area contributed by atoms with Gasteiger partial charge in [-0.3, -0.25) is 8.98 Å². The standard InChI is InChI=1S/C21H25NO8S/c1-13-8-10-15(11-9-13)31(26,27)29-12-16-18(23)19(24)17(21(28-2)30-16)22-20(25)14-6-4-3-5-7-14/h3-11,16-19,21,23-24H,12H2,1-2H3,(H,22,25)/t16-,17+,18-,19-,21-/m1/s1. The van der Waals surface area contributed by atoms with Crippen molar-refractivity contribution >= 4 is 16.0 Å². The summed E-state index contributed by atoms with van der Waals surface area (Å²) in [4.78, 5) is 12.4. The summed E-state index contributed by atoms with van der Waals surface area (Å²) in [6, 6.07) is 13.3. The van der Waals surface area contributed by atoms with Crippen molar-refractivity contribution in [3.63, 3.8) is 0 Å². The minimum atomic E-state index is -4.09. The number of rotatable bonds is 7. The maximum Gasteiger partial charge on any atom is 0.297 e. The number of hydrogen-bond acceptors (Lipinski definition) is 8. The smallest absolute Gasteiger partial charge is 0.297 e. The molecule has 0 aliphatic carbocycles. The number of carbonyl (C=O) groups excluding carboxylic acids is 1. The third-order valence-corrected chi connectivity index (χ3v) is 6.26. The number of aryl methyl sites for hydroxylation is 1. The molecule has 0 unspecified atom stereocenters. The SMILES string of the molecule is CO[C@@H]1O[C@H](COS(=O)(=O)c2ccc(C)cc2)[C@@H](O)[C@H](O)[C@@H]1NC(=O)c1ccccc1. The second-order valence-electron chi connectivity index (χ2n) is 7.18. The Kier molecular flexibility index (Phi) is 7.42. The average molecular weight is 451 g/mol. The third-order valence-electron chi connectivity index (χ3n) is 4.96. The number of ether oxygens (including phenoxy) is 2. The van der Waals surface area contributed by atoms with Gasteiger partial charge in [0, 0.05) is 12.7 Å². The Morgan fingerprint density at radius 3 is 2.32 bits per heavy atom. The van der Waals surface area contributed by atoms with Crippen molar-refractivity contribution in [3.8, 4) is 0 Å². The number of amides is 1. The normalized spacial score (nSPS) is 26.4. The first-order chi connectivity index (χ1) is 14.7. The molecule has 2 aromatic rings. The van der Waals surface area contributed by atoms with Gasteiger partial charge in [0.15, 0.2) is 6.29 Å². The van der Waals surface area contributed by atoms with E-state index in [-0.39, 0.29) is 4.90 Å². The molecule has 1 heterocycles. The largest absolute Gasteiger partial charge is 0.388 e. The van der Waals surface area contributed by atoms with E-state index >= 15 is 0 Å². The summed E-state index contributed by atoms with van der Waals surface area (Å²) in [6.07, 6.45) is -5.35. The highest BCUT2D eigenvalue weighted by Gasteiger charge is 2.46. The summed E-state index contributed by atoms with van der Waals surface area (Å²) < 4.78 is 40.6. The number of aliphatic hydroxyl groups is 2. The van der Waals surface area contributed by atoms with E-state index in [4.69, 9.17) is 13.7 Å². The zero-order valence-corrected chi connectivity index (χ0v) is 17.9. The molecule has 9 nitrogen and oxygen atoms in total. The lowest BCUT2D eigenvalue weighted by molar-refractivity contribution is -0.259. The van der Waals surface area contributed by atoms with E-state index in [2.05, 4.69) is 5.32 Å². The van der Waals surface area contributed by atoms with Crippen LogP contribution in [0.25, 0.3) is 0 Å². The zero-order chi connectivity index (χ0) is 22.6. The third kappa shape index (κ3) is 5.48. The van der Waals surface area contributed by atoms with Crippen LogP contribution < -0.4 is 5.32 Å². The van der Waals surface area contributed by atoms with Crippen LogP contribution in [-0.4, -0.2) is 68.9 Å². The molecule has 1 fully saturated rings. The molecule has 1 aliphatic rings. The lowest BCUT2D eigenvalue weighted by Crippen LogP contribution is -2.64. The Morgan fingerprint density at radius 1 is 1.06 bits per heavy atom. The molecule has 10 heteroatoms. The number of methoxy groups -OCH3 is 1. The molecule has 3 N–H and O–H groups in total. The second kappa shape index (κ2) is 9.86. The Balaban J connectivity index is 1.67. The number of hydrogen-bond donors (Lipinski definition) is 3. The Morgan fingerprint density at radius 2 is 1.71 bits per heavy atom. The van der Waals surface area contributed by atoms with Crippen LogP contribution in [0.4, 0.5) is 0 Å². The fourth-order valence-electron chi connectivity index (χ4n) is 3.18. The highest BCUT2D eigenvalue weighted by atomic mass is 32.2. The maximum atomic E-state index is 12.4. The van der Waals surface area contributed by atoms with Crippen molar-refractivity contribution in [2.24, 2.45) is 0 Å². The van der Waals surface area contributed by atoms with Crippen molar-refractivity contribution < 1.29 is 37.1 Å². The first kappa shape index (κ1) is 23.3. The molecule has 0 bridgehead atoms. The molecule has 3 rings (SSSR count). The van der Waals surface area contributed by atoms with E-state index < -0.39 is 53.3 Å². The highest BCUT2D eigenvalue weighted by Crippen LogP contribution is 2.24. The van der Waals surface area contributed by atoms with Gasteiger partial charge in [0.2, 0.25) is 0 Å². The molecule has 1 amide bonds. The molecule has 0 aromatic heterocycles. The van der Waals surface area contributed by atoms with Gasteiger partial charge >= 0.3 is 0 Å². The van der Waals surface area contributed by atoms with Gasteiger partial charge in [-0.2, -0.15) is 8.42 Å². The minimum absolute atomic E-state index is 0.0414.